The van der Waals surface area contributed by atoms with E-state index in [9.17, 15) is 51.0 Å². The van der Waals surface area contributed by atoms with Crippen molar-refractivity contribution < 1.29 is 69.9 Å². The van der Waals surface area contributed by atoms with Crippen LogP contribution in [-0.4, -0.2) is 48.0 Å². The number of ether oxygens (including phenoxy) is 4. The molecule has 12 rings (SSSR count). The maximum absolute atomic E-state index is 13.7. The molecular weight excluding hydrogens is 1210 g/mol. The Morgan fingerprint density at radius 1 is 0.451 bits per heavy atom. The fourth-order valence-corrected chi connectivity index (χ4v) is 11.2. The number of fused-ring (bicyclic) bond motifs is 4. The van der Waals surface area contributed by atoms with Crippen molar-refractivity contribution >= 4 is 64.8 Å². The molecule has 420 valence electrons. The molecule has 4 heterocycles. The number of benzene rings is 8. The number of ketones is 4. The van der Waals surface area contributed by atoms with Crippen LogP contribution in [0.1, 0.15) is 130 Å². The Bertz CT molecular complexity index is 3800. The van der Waals surface area contributed by atoms with Crippen molar-refractivity contribution in [3.63, 3.8) is 0 Å². The van der Waals surface area contributed by atoms with Crippen LogP contribution < -0.4 is 18.9 Å². The molecular formula is C64H51Br2F3O12S. The van der Waals surface area contributed by atoms with Crippen LogP contribution in [0, 0.1) is 38.2 Å². The van der Waals surface area contributed by atoms with Gasteiger partial charge in [-0.05, 0) is 169 Å². The summed E-state index contributed by atoms with van der Waals surface area (Å²) in [5, 5.41) is 18.8. The van der Waals surface area contributed by atoms with Crippen molar-refractivity contribution in [1.29, 1.82) is 0 Å². The third-order valence-corrected chi connectivity index (χ3v) is 16.1. The first-order valence-corrected chi connectivity index (χ1v) is 29.1. The Hall–Kier alpha value is -8.06. The highest BCUT2D eigenvalue weighted by molar-refractivity contribution is 9.10. The Morgan fingerprint density at radius 2 is 0.854 bits per heavy atom. The predicted molar refractivity (Wildman–Crippen MR) is 307 cm³/mol. The number of halogens is 5. The van der Waals surface area contributed by atoms with E-state index in [4.69, 9.17) is 18.9 Å². The fraction of sp³-hybridized carbons (Fsp3) is 0.188. The van der Waals surface area contributed by atoms with Gasteiger partial charge in [0.25, 0.3) is 0 Å². The van der Waals surface area contributed by atoms with Crippen molar-refractivity contribution in [3.8, 4) is 34.5 Å². The normalized spacial score (nSPS) is 17.6. The molecule has 82 heavy (non-hydrogen) atoms. The molecule has 0 amide bonds. The summed E-state index contributed by atoms with van der Waals surface area (Å²) in [6.07, 6.45) is -0.114. The zero-order chi connectivity index (χ0) is 58.7. The second kappa shape index (κ2) is 24.6. The molecule has 4 aliphatic heterocycles. The summed E-state index contributed by atoms with van der Waals surface area (Å²) in [6, 6.07) is 39.5. The molecule has 8 aromatic carbocycles. The van der Waals surface area contributed by atoms with E-state index in [-0.39, 0.29) is 87.6 Å². The maximum Gasteiger partial charge on any atom is 0.175 e. The lowest BCUT2D eigenvalue weighted by atomic mass is 9.91. The quantitative estimate of drug-likeness (QED) is 0.167. The van der Waals surface area contributed by atoms with Gasteiger partial charge in [0.15, 0.2) is 33.0 Å². The number of carbonyl (C=O) groups excluding carboxylic acids is 4. The predicted octanol–water partition coefficient (Wildman–Crippen LogP) is 15.3. The molecule has 12 nitrogen and oxygen atoms in total. The van der Waals surface area contributed by atoms with Crippen LogP contribution in [0.4, 0.5) is 13.2 Å². The monoisotopic (exact) mass is 1260 g/mol. The van der Waals surface area contributed by atoms with E-state index in [2.05, 4.69) is 57.8 Å². The van der Waals surface area contributed by atoms with Gasteiger partial charge in [-0.2, -0.15) is 0 Å². The molecule has 0 spiro atoms. The molecule has 0 fully saturated rings. The molecule has 4 atom stereocenters. The molecule has 0 bridgehead atoms. The van der Waals surface area contributed by atoms with Crippen molar-refractivity contribution in [2.75, 3.05) is 6.26 Å². The SMILES string of the molecule is CS(=O)(=O)c1ccc(C2CC(=O)c3cc(O)ccc3O2)cc1.Cc1ccc(F)cc1C1CC(=O)c2cc(Br)ccc2O1.Cc1cccc(C)c1C1CC(=O)c2cc(Br)ccc2O1.O=C1CC(c2cc(F)ccc2F)Oc2ccc(O)cc21. The zero-order valence-electron chi connectivity index (χ0n) is 44.3. The number of sulfone groups is 1. The molecule has 0 aromatic heterocycles. The highest BCUT2D eigenvalue weighted by atomic mass is 79.9. The minimum atomic E-state index is -3.25. The van der Waals surface area contributed by atoms with Crippen LogP contribution >= 0.6 is 31.9 Å². The average Bonchev–Trinajstić information content (AvgIpc) is 3.47. The van der Waals surface area contributed by atoms with Crippen LogP contribution in [0.15, 0.2) is 166 Å². The molecule has 8 aromatic rings. The average molecular weight is 1260 g/mol. The van der Waals surface area contributed by atoms with Gasteiger partial charge < -0.3 is 29.2 Å². The van der Waals surface area contributed by atoms with Crippen LogP contribution in [0.3, 0.4) is 0 Å². The minimum Gasteiger partial charge on any atom is -0.508 e. The first-order chi connectivity index (χ1) is 39.0. The Labute approximate surface area is 487 Å². The molecule has 0 saturated carbocycles. The van der Waals surface area contributed by atoms with E-state index >= 15 is 0 Å². The van der Waals surface area contributed by atoms with Gasteiger partial charge in [0, 0.05) is 20.8 Å². The molecule has 4 aliphatic rings. The Kier molecular flexibility index (Phi) is 17.6. The highest BCUT2D eigenvalue weighted by Gasteiger charge is 2.33. The van der Waals surface area contributed by atoms with Crippen molar-refractivity contribution in [2.45, 2.75) is 75.8 Å². The molecule has 0 radical (unpaired) electrons. The van der Waals surface area contributed by atoms with E-state index in [0.717, 1.165) is 55.7 Å². The number of phenolic OH excluding ortho intramolecular Hbond substituents is 2. The van der Waals surface area contributed by atoms with Gasteiger partial charge in [-0.3, -0.25) is 19.2 Å². The molecule has 0 aliphatic carbocycles. The lowest BCUT2D eigenvalue weighted by Gasteiger charge is -2.27. The van der Waals surface area contributed by atoms with Crippen LogP contribution in [0.25, 0.3) is 0 Å². The number of phenols is 2. The summed E-state index contributed by atoms with van der Waals surface area (Å²) in [5.74, 6) is 0.118. The van der Waals surface area contributed by atoms with E-state index in [1.54, 1.807) is 36.4 Å². The van der Waals surface area contributed by atoms with Gasteiger partial charge in [0.1, 0.15) is 76.4 Å². The van der Waals surface area contributed by atoms with Crippen molar-refractivity contribution in [1.82, 2.24) is 0 Å². The molecule has 4 unspecified atom stereocenters. The summed E-state index contributed by atoms with van der Waals surface area (Å²) in [7, 11) is -3.25. The fourth-order valence-electron chi connectivity index (χ4n) is 9.89. The zero-order valence-corrected chi connectivity index (χ0v) is 48.3. The van der Waals surface area contributed by atoms with E-state index in [1.165, 1.54) is 65.7 Å². The largest absolute Gasteiger partial charge is 0.508 e. The number of hydrogen-bond donors (Lipinski definition) is 2. The Balaban J connectivity index is 0.000000132. The van der Waals surface area contributed by atoms with E-state index in [1.807, 2.05) is 37.3 Å². The van der Waals surface area contributed by atoms with Gasteiger partial charge in [0.05, 0.1) is 52.8 Å². The Morgan fingerprint density at radius 3 is 1.35 bits per heavy atom. The van der Waals surface area contributed by atoms with Crippen LogP contribution in [0.2, 0.25) is 0 Å². The van der Waals surface area contributed by atoms with Crippen LogP contribution in [0.5, 0.6) is 34.5 Å². The number of carbonyl (C=O) groups is 4. The third-order valence-electron chi connectivity index (χ3n) is 14.0. The van der Waals surface area contributed by atoms with Gasteiger partial charge in [-0.25, -0.2) is 21.6 Å². The van der Waals surface area contributed by atoms with Gasteiger partial charge >= 0.3 is 0 Å². The minimum absolute atomic E-state index is 0.0112. The molecule has 18 heteroatoms. The third kappa shape index (κ3) is 13.5. The van der Waals surface area contributed by atoms with Crippen LogP contribution in [-0.2, 0) is 9.84 Å². The second-order valence-corrected chi connectivity index (χ2v) is 23.7. The lowest BCUT2D eigenvalue weighted by Crippen LogP contribution is -2.21. The summed E-state index contributed by atoms with van der Waals surface area (Å²) >= 11 is 6.74. The van der Waals surface area contributed by atoms with Gasteiger partial charge in [0.2, 0.25) is 0 Å². The number of aromatic hydroxyl groups is 2. The number of rotatable bonds is 5. The standard InChI is InChI=1S/C17H15BrO2.C16H12BrFO2.C16H14O5S.C15H10F2O3/c1-10-4-3-5-11(2)17(10)16-9-14(19)13-8-12(18)6-7-15(13)20-16;1-9-2-4-11(18)7-12(9)16-8-14(19)13-6-10(17)3-5-15(13)20-16;1-22(19,20)12-5-2-10(3-6-12)16-9-14(18)13-8-11(17)4-7-15(13)21-16;16-8-1-3-12(17)10(5-8)15-7-13(19)11-6-9(18)2-4-14(11)20-15/h3-8,16H,9H2,1-2H3;2-7,16H,8H2,1H3;2-8,16-17H,9H2,1H3;1-6,15,18H,7H2. The van der Waals surface area contributed by atoms with Gasteiger partial charge in [-0.1, -0.05) is 68.3 Å². The smallest absolute Gasteiger partial charge is 0.175 e. The first kappa shape index (κ1) is 58.6. The summed E-state index contributed by atoms with van der Waals surface area (Å²) in [4.78, 5) is 49.0. The van der Waals surface area contributed by atoms with E-state index < -0.39 is 39.8 Å². The van der Waals surface area contributed by atoms with E-state index in [0.29, 0.717) is 40.4 Å². The number of Topliss-reactive ketones (excluding diaryl/α,β-unsaturated/α-hetero) is 4. The lowest BCUT2D eigenvalue weighted by molar-refractivity contribution is 0.0836. The summed E-state index contributed by atoms with van der Waals surface area (Å²) in [5.41, 5.74) is 7.72. The first-order valence-electron chi connectivity index (χ1n) is 25.6. The van der Waals surface area contributed by atoms with Crippen molar-refractivity contribution in [2.24, 2.45) is 0 Å². The number of hydrogen-bond acceptors (Lipinski definition) is 12. The second-order valence-electron chi connectivity index (χ2n) is 19.9. The molecule has 2 N–H and O–H groups in total. The summed E-state index contributed by atoms with van der Waals surface area (Å²) < 4.78 is 88.3. The highest BCUT2D eigenvalue weighted by Crippen LogP contribution is 2.42. The van der Waals surface area contributed by atoms with Crippen molar-refractivity contribution in [3.05, 3.63) is 239 Å². The maximum atomic E-state index is 13.7. The van der Waals surface area contributed by atoms with Gasteiger partial charge in [-0.15, -0.1) is 0 Å². The number of aryl methyl sites for hydroxylation is 3. The molecule has 0 saturated heterocycles. The summed E-state index contributed by atoms with van der Waals surface area (Å²) in [6.45, 7) is 6.01. The topological polar surface area (TPSA) is 180 Å².